The molecule has 0 aliphatic rings. The lowest BCUT2D eigenvalue weighted by Gasteiger charge is -2.25. The molecule has 1 N–H and O–H groups in total. The van der Waals surface area contributed by atoms with E-state index in [1.165, 1.54) is 10.4 Å². The van der Waals surface area contributed by atoms with Gasteiger partial charge in [-0.2, -0.15) is 0 Å². The molecule has 3 nitrogen and oxygen atoms in total. The zero-order chi connectivity index (χ0) is 15.2. The van der Waals surface area contributed by atoms with Crippen LogP contribution in [0.1, 0.15) is 31.2 Å². The van der Waals surface area contributed by atoms with Gasteiger partial charge in [-0.1, -0.05) is 26.0 Å². The van der Waals surface area contributed by atoms with Crippen LogP contribution in [-0.4, -0.2) is 24.1 Å². The Hall–Kier alpha value is -1.39. The first-order chi connectivity index (χ1) is 10.1. The van der Waals surface area contributed by atoms with Crippen LogP contribution in [0.5, 0.6) is 0 Å². The third-order valence-electron chi connectivity index (χ3n) is 3.62. The first kappa shape index (κ1) is 16.0. The second-order valence-electron chi connectivity index (χ2n) is 5.80. The number of thiophene rings is 1. The summed E-state index contributed by atoms with van der Waals surface area (Å²) in [7, 11) is 2.12. The lowest BCUT2D eigenvalue weighted by molar-refractivity contribution is 0.587. The molecule has 0 amide bonds. The number of pyridine rings is 1. The molecular weight excluding hydrogens is 278 g/mol. The van der Waals surface area contributed by atoms with Gasteiger partial charge in [-0.15, -0.1) is 11.3 Å². The average molecular weight is 303 g/mol. The molecule has 2 heterocycles. The molecule has 2 aromatic heterocycles. The summed E-state index contributed by atoms with van der Waals surface area (Å²) in [6.45, 7) is 7.43. The van der Waals surface area contributed by atoms with Gasteiger partial charge in [-0.05, 0) is 30.0 Å². The van der Waals surface area contributed by atoms with E-state index in [1.807, 2.05) is 17.5 Å². The van der Waals surface area contributed by atoms with Gasteiger partial charge in [0.2, 0.25) is 0 Å². The van der Waals surface area contributed by atoms with Crippen molar-refractivity contribution in [1.29, 1.82) is 0 Å². The SMILES string of the molecule is CC(C)NCc1ccc(N(C)C(C)Cc2cccs2)nc1. The summed E-state index contributed by atoms with van der Waals surface area (Å²) in [6.07, 6.45) is 3.03. The second-order valence-corrected chi connectivity index (χ2v) is 6.84. The maximum atomic E-state index is 4.60. The van der Waals surface area contributed by atoms with Crippen molar-refractivity contribution in [1.82, 2.24) is 10.3 Å². The van der Waals surface area contributed by atoms with Crippen LogP contribution in [0.3, 0.4) is 0 Å². The van der Waals surface area contributed by atoms with E-state index in [1.54, 1.807) is 0 Å². The Balaban J connectivity index is 1.94. The number of nitrogens with one attached hydrogen (secondary N) is 1. The van der Waals surface area contributed by atoms with E-state index < -0.39 is 0 Å². The Morgan fingerprint density at radius 2 is 2.05 bits per heavy atom. The minimum atomic E-state index is 0.441. The molecule has 114 valence electrons. The van der Waals surface area contributed by atoms with E-state index in [-0.39, 0.29) is 0 Å². The lowest BCUT2D eigenvalue weighted by Crippen LogP contribution is -2.31. The van der Waals surface area contributed by atoms with Crippen molar-refractivity contribution in [2.24, 2.45) is 0 Å². The molecule has 0 bridgehead atoms. The molecule has 0 aromatic carbocycles. The average Bonchev–Trinajstić information content (AvgIpc) is 2.97. The minimum absolute atomic E-state index is 0.441. The van der Waals surface area contributed by atoms with Crippen molar-refractivity contribution in [2.45, 2.75) is 45.8 Å². The van der Waals surface area contributed by atoms with E-state index in [9.17, 15) is 0 Å². The van der Waals surface area contributed by atoms with Crippen molar-refractivity contribution in [2.75, 3.05) is 11.9 Å². The molecular formula is C17H25N3S. The number of rotatable bonds is 7. The van der Waals surface area contributed by atoms with Gasteiger partial charge in [0.05, 0.1) is 0 Å². The molecule has 0 saturated heterocycles. The molecule has 0 fully saturated rings. The number of hydrogen-bond donors (Lipinski definition) is 1. The Morgan fingerprint density at radius 1 is 1.24 bits per heavy atom. The summed E-state index contributed by atoms with van der Waals surface area (Å²) in [4.78, 5) is 8.27. The molecule has 0 aliphatic heterocycles. The standard InChI is InChI=1S/C17H25N3S/c1-13(2)18-11-15-7-8-17(19-12-15)20(4)14(3)10-16-6-5-9-21-16/h5-9,12-14,18H,10-11H2,1-4H3. The summed E-state index contributed by atoms with van der Waals surface area (Å²) in [6, 6.07) is 9.52. The summed E-state index contributed by atoms with van der Waals surface area (Å²) < 4.78 is 0. The van der Waals surface area contributed by atoms with E-state index in [0.29, 0.717) is 12.1 Å². The molecule has 0 aliphatic carbocycles. The Kier molecular flexibility index (Phi) is 5.76. The third kappa shape index (κ3) is 4.83. The molecule has 0 radical (unpaired) electrons. The predicted octanol–water partition coefficient (Wildman–Crippen LogP) is 3.71. The molecule has 21 heavy (non-hydrogen) atoms. The number of aromatic nitrogens is 1. The Morgan fingerprint density at radius 3 is 2.62 bits per heavy atom. The molecule has 1 atom stereocenters. The van der Waals surface area contributed by atoms with E-state index in [4.69, 9.17) is 0 Å². The highest BCUT2D eigenvalue weighted by molar-refractivity contribution is 7.09. The summed E-state index contributed by atoms with van der Waals surface area (Å²) >= 11 is 1.82. The molecule has 0 saturated carbocycles. The Bertz CT molecular complexity index is 519. The summed E-state index contributed by atoms with van der Waals surface area (Å²) in [5, 5.41) is 5.55. The van der Waals surface area contributed by atoms with Crippen molar-refractivity contribution in [3.8, 4) is 0 Å². The molecule has 4 heteroatoms. The highest BCUT2D eigenvalue weighted by Crippen LogP contribution is 2.18. The summed E-state index contributed by atoms with van der Waals surface area (Å²) in [5.74, 6) is 1.03. The molecule has 2 rings (SSSR count). The fraction of sp³-hybridized carbons (Fsp3) is 0.471. The van der Waals surface area contributed by atoms with Gasteiger partial charge < -0.3 is 10.2 Å². The fourth-order valence-electron chi connectivity index (χ4n) is 2.13. The van der Waals surface area contributed by atoms with Gasteiger partial charge in [-0.3, -0.25) is 0 Å². The quantitative estimate of drug-likeness (QED) is 0.845. The van der Waals surface area contributed by atoms with Crippen LogP contribution in [0.2, 0.25) is 0 Å². The van der Waals surface area contributed by atoms with Crippen LogP contribution in [0.4, 0.5) is 5.82 Å². The maximum absolute atomic E-state index is 4.60. The van der Waals surface area contributed by atoms with Crippen molar-refractivity contribution >= 4 is 17.2 Å². The van der Waals surface area contributed by atoms with E-state index in [2.05, 4.69) is 72.7 Å². The van der Waals surface area contributed by atoms with Crippen LogP contribution >= 0.6 is 11.3 Å². The maximum Gasteiger partial charge on any atom is 0.128 e. The van der Waals surface area contributed by atoms with Crippen molar-refractivity contribution < 1.29 is 0 Å². The van der Waals surface area contributed by atoms with Crippen LogP contribution in [-0.2, 0) is 13.0 Å². The van der Waals surface area contributed by atoms with Gasteiger partial charge in [0, 0.05) is 43.2 Å². The Labute approximate surface area is 132 Å². The van der Waals surface area contributed by atoms with E-state index >= 15 is 0 Å². The normalized spacial score (nSPS) is 12.6. The number of nitrogens with zero attached hydrogens (tertiary/aromatic N) is 2. The monoisotopic (exact) mass is 303 g/mol. The van der Waals surface area contributed by atoms with E-state index in [0.717, 1.165) is 18.8 Å². The van der Waals surface area contributed by atoms with Crippen LogP contribution < -0.4 is 10.2 Å². The zero-order valence-corrected chi connectivity index (χ0v) is 14.2. The van der Waals surface area contributed by atoms with Crippen LogP contribution in [0.25, 0.3) is 0 Å². The predicted molar refractivity (Wildman–Crippen MR) is 92.1 cm³/mol. The highest BCUT2D eigenvalue weighted by atomic mass is 32.1. The zero-order valence-electron chi connectivity index (χ0n) is 13.3. The first-order valence-electron chi connectivity index (χ1n) is 7.49. The van der Waals surface area contributed by atoms with Gasteiger partial charge >= 0.3 is 0 Å². The van der Waals surface area contributed by atoms with Gasteiger partial charge in [-0.25, -0.2) is 4.98 Å². The smallest absolute Gasteiger partial charge is 0.128 e. The van der Waals surface area contributed by atoms with Crippen molar-refractivity contribution in [3.63, 3.8) is 0 Å². The molecule has 0 spiro atoms. The first-order valence-corrected chi connectivity index (χ1v) is 8.37. The van der Waals surface area contributed by atoms with Crippen molar-refractivity contribution in [3.05, 3.63) is 46.3 Å². The van der Waals surface area contributed by atoms with Gasteiger partial charge in [0.25, 0.3) is 0 Å². The lowest BCUT2D eigenvalue weighted by atomic mass is 10.2. The molecule has 2 aromatic rings. The fourth-order valence-corrected chi connectivity index (χ4v) is 2.96. The van der Waals surface area contributed by atoms with Gasteiger partial charge in [0.15, 0.2) is 0 Å². The van der Waals surface area contributed by atoms with Gasteiger partial charge in [0.1, 0.15) is 5.82 Å². The highest BCUT2D eigenvalue weighted by Gasteiger charge is 2.12. The number of likely N-dealkylation sites (N-methyl/N-ethyl adjacent to an activating group) is 1. The third-order valence-corrected chi connectivity index (χ3v) is 4.52. The topological polar surface area (TPSA) is 28.2 Å². The molecule has 1 unspecified atom stereocenters. The number of anilines is 1. The van der Waals surface area contributed by atoms with Crippen LogP contribution in [0, 0.1) is 0 Å². The minimum Gasteiger partial charge on any atom is -0.357 e. The largest absolute Gasteiger partial charge is 0.357 e. The summed E-state index contributed by atoms with van der Waals surface area (Å²) in [5.41, 5.74) is 1.23. The van der Waals surface area contributed by atoms with Crippen LogP contribution in [0.15, 0.2) is 35.8 Å². The number of hydrogen-bond acceptors (Lipinski definition) is 4. The second kappa shape index (κ2) is 7.57.